The third-order valence-corrected chi connectivity index (χ3v) is 7.46. The fraction of sp³-hybridized carbons (Fsp3) is 0.391. The molecule has 8 nitrogen and oxygen atoms in total. The Bertz CT molecular complexity index is 1120. The Morgan fingerprint density at radius 1 is 1.15 bits per heavy atom. The van der Waals surface area contributed by atoms with Gasteiger partial charge in [0.05, 0.1) is 11.0 Å². The number of esters is 1. The van der Waals surface area contributed by atoms with E-state index in [2.05, 4.69) is 5.32 Å². The maximum Gasteiger partial charge on any atom is 0.325 e. The number of benzene rings is 2. The second-order valence-electron chi connectivity index (χ2n) is 8.06. The van der Waals surface area contributed by atoms with E-state index in [4.69, 9.17) is 4.74 Å². The third-order valence-electron chi connectivity index (χ3n) is 5.59. The van der Waals surface area contributed by atoms with Crippen molar-refractivity contribution >= 4 is 21.9 Å². The molecule has 178 valence electrons. The highest BCUT2D eigenvalue weighted by atomic mass is 32.2. The van der Waals surface area contributed by atoms with Crippen LogP contribution >= 0.6 is 0 Å². The van der Waals surface area contributed by atoms with Crippen molar-refractivity contribution < 1.29 is 32.2 Å². The molecule has 33 heavy (non-hydrogen) atoms. The van der Waals surface area contributed by atoms with Gasteiger partial charge in [-0.15, -0.1) is 0 Å². The summed E-state index contributed by atoms with van der Waals surface area (Å²) in [6.07, 6.45) is -0.667. The van der Waals surface area contributed by atoms with E-state index in [0.29, 0.717) is 6.42 Å². The van der Waals surface area contributed by atoms with Crippen LogP contribution in [0.4, 0.5) is 4.39 Å². The van der Waals surface area contributed by atoms with Gasteiger partial charge in [0.1, 0.15) is 11.9 Å². The lowest BCUT2D eigenvalue weighted by atomic mass is 10.1. The summed E-state index contributed by atoms with van der Waals surface area (Å²) in [6, 6.07) is 9.30. The third kappa shape index (κ3) is 6.16. The van der Waals surface area contributed by atoms with Crippen molar-refractivity contribution in [3.63, 3.8) is 0 Å². The highest BCUT2D eigenvalue weighted by Gasteiger charge is 2.44. The van der Waals surface area contributed by atoms with Gasteiger partial charge in [-0.2, -0.15) is 4.31 Å². The van der Waals surface area contributed by atoms with E-state index in [0.717, 1.165) is 21.0 Å². The van der Waals surface area contributed by atoms with Crippen molar-refractivity contribution in [2.45, 2.75) is 43.7 Å². The summed E-state index contributed by atoms with van der Waals surface area (Å²) < 4.78 is 45.1. The van der Waals surface area contributed by atoms with Gasteiger partial charge < -0.3 is 15.2 Å². The summed E-state index contributed by atoms with van der Waals surface area (Å²) in [6.45, 7) is 3.09. The molecule has 2 aromatic carbocycles. The molecule has 2 atom stereocenters. The van der Waals surface area contributed by atoms with E-state index in [-0.39, 0.29) is 30.2 Å². The highest BCUT2D eigenvalue weighted by Crippen LogP contribution is 2.28. The lowest BCUT2D eigenvalue weighted by Gasteiger charge is -2.22. The Morgan fingerprint density at radius 3 is 2.52 bits per heavy atom. The molecule has 3 rings (SSSR count). The van der Waals surface area contributed by atoms with Crippen LogP contribution in [0.15, 0.2) is 47.4 Å². The van der Waals surface area contributed by atoms with Crippen LogP contribution in [0.3, 0.4) is 0 Å². The molecular formula is C23H27FN2O6S. The molecule has 0 aromatic heterocycles. The quantitative estimate of drug-likeness (QED) is 0.556. The average Bonchev–Trinajstić information content (AvgIpc) is 3.18. The van der Waals surface area contributed by atoms with E-state index < -0.39 is 40.7 Å². The Balaban J connectivity index is 1.56. The zero-order chi connectivity index (χ0) is 24.2. The zero-order valence-electron chi connectivity index (χ0n) is 18.5. The van der Waals surface area contributed by atoms with Gasteiger partial charge in [0.2, 0.25) is 10.0 Å². The minimum absolute atomic E-state index is 0.0241. The number of hydrogen-bond donors (Lipinski definition) is 2. The number of rotatable bonds is 8. The fourth-order valence-electron chi connectivity index (χ4n) is 3.56. The fourth-order valence-corrected chi connectivity index (χ4v) is 5.27. The first-order valence-electron chi connectivity index (χ1n) is 10.5. The van der Waals surface area contributed by atoms with Crippen LogP contribution in [-0.2, 0) is 30.8 Å². The number of nitrogens with one attached hydrogen (secondary N) is 1. The van der Waals surface area contributed by atoms with Crippen LogP contribution < -0.4 is 5.32 Å². The van der Waals surface area contributed by atoms with Gasteiger partial charge in [-0.25, -0.2) is 12.8 Å². The molecule has 0 aliphatic carbocycles. The number of β-amino-alcohol motifs (C(OH)–C–C–N with tert-alkyl or cyclic N) is 1. The molecule has 1 heterocycles. The van der Waals surface area contributed by atoms with Crippen LogP contribution in [-0.4, -0.2) is 61.5 Å². The lowest BCUT2D eigenvalue weighted by Crippen LogP contribution is -2.42. The van der Waals surface area contributed by atoms with Crippen molar-refractivity contribution in [2.75, 3.05) is 19.7 Å². The summed E-state index contributed by atoms with van der Waals surface area (Å²) >= 11 is 0. The minimum Gasteiger partial charge on any atom is -0.454 e. The number of ether oxygens (including phenoxy) is 1. The predicted molar refractivity (Wildman–Crippen MR) is 118 cm³/mol. The monoisotopic (exact) mass is 478 g/mol. The standard InChI is InChI=1S/C23H27FN2O6S/c1-15-3-8-20(11-16(15)2)33(30,31)26-13-19(27)12-21(26)23(29)32-14-22(28)25-10-9-17-4-6-18(24)7-5-17/h3-8,11,19,21,27H,9-10,12-14H2,1-2H3,(H,25,28). The molecule has 1 fully saturated rings. The summed E-state index contributed by atoms with van der Waals surface area (Å²) in [5.74, 6) is -1.79. The molecule has 2 N–H and O–H groups in total. The SMILES string of the molecule is Cc1ccc(S(=O)(=O)N2CC(O)CC2C(=O)OCC(=O)NCCc2ccc(F)cc2)cc1C. The summed E-state index contributed by atoms with van der Waals surface area (Å²) in [4.78, 5) is 24.6. The van der Waals surface area contributed by atoms with Crippen LogP contribution in [0.2, 0.25) is 0 Å². The van der Waals surface area contributed by atoms with Crippen LogP contribution in [0.1, 0.15) is 23.1 Å². The van der Waals surface area contributed by atoms with E-state index in [1.807, 2.05) is 6.92 Å². The molecule has 1 saturated heterocycles. The summed E-state index contributed by atoms with van der Waals surface area (Å²) in [5.41, 5.74) is 2.55. The van der Waals surface area contributed by atoms with Crippen molar-refractivity contribution in [2.24, 2.45) is 0 Å². The maximum atomic E-state index is 13.1. The molecule has 1 aliphatic heterocycles. The van der Waals surface area contributed by atoms with Gasteiger partial charge in [0.25, 0.3) is 5.91 Å². The molecule has 2 aromatic rings. The van der Waals surface area contributed by atoms with E-state index in [9.17, 15) is 27.5 Å². The second kappa shape index (κ2) is 10.4. The first-order chi connectivity index (χ1) is 15.6. The summed E-state index contributed by atoms with van der Waals surface area (Å²) in [7, 11) is -4.05. The smallest absolute Gasteiger partial charge is 0.325 e. The Labute approximate surface area is 192 Å². The number of carbonyl (C=O) groups excluding carboxylic acids is 2. The molecular weight excluding hydrogens is 451 g/mol. The van der Waals surface area contributed by atoms with Crippen LogP contribution in [0.5, 0.6) is 0 Å². The zero-order valence-corrected chi connectivity index (χ0v) is 19.3. The first-order valence-corrected chi connectivity index (χ1v) is 12.0. The Kier molecular flexibility index (Phi) is 7.83. The van der Waals surface area contributed by atoms with Crippen LogP contribution in [0.25, 0.3) is 0 Å². The Hall–Kier alpha value is -2.82. The van der Waals surface area contributed by atoms with E-state index in [1.165, 1.54) is 24.3 Å². The van der Waals surface area contributed by atoms with Gasteiger partial charge in [-0.05, 0) is 61.2 Å². The first kappa shape index (κ1) is 24.8. The van der Waals surface area contributed by atoms with Crippen molar-refractivity contribution in [3.05, 3.63) is 65.0 Å². The number of sulfonamides is 1. The number of carbonyl (C=O) groups is 2. The molecule has 1 aliphatic rings. The van der Waals surface area contributed by atoms with Crippen molar-refractivity contribution in [1.29, 1.82) is 0 Å². The van der Waals surface area contributed by atoms with Crippen LogP contribution in [0, 0.1) is 19.7 Å². The van der Waals surface area contributed by atoms with Gasteiger partial charge in [-0.3, -0.25) is 9.59 Å². The highest BCUT2D eigenvalue weighted by molar-refractivity contribution is 7.89. The van der Waals surface area contributed by atoms with Gasteiger partial charge in [0, 0.05) is 19.5 Å². The number of nitrogens with zero attached hydrogens (tertiary/aromatic N) is 1. The van der Waals surface area contributed by atoms with E-state index in [1.54, 1.807) is 25.1 Å². The van der Waals surface area contributed by atoms with Crippen molar-refractivity contribution in [3.8, 4) is 0 Å². The molecule has 0 radical (unpaired) electrons. The maximum absolute atomic E-state index is 13.1. The average molecular weight is 479 g/mol. The normalized spacial score (nSPS) is 18.8. The topological polar surface area (TPSA) is 113 Å². The summed E-state index contributed by atoms with van der Waals surface area (Å²) in [5, 5.41) is 12.6. The predicted octanol–water partition coefficient (Wildman–Crippen LogP) is 1.47. The number of amides is 1. The lowest BCUT2D eigenvalue weighted by molar-refractivity contribution is -0.151. The molecule has 10 heteroatoms. The number of hydrogen-bond acceptors (Lipinski definition) is 6. The number of halogens is 1. The van der Waals surface area contributed by atoms with Gasteiger partial charge >= 0.3 is 5.97 Å². The largest absolute Gasteiger partial charge is 0.454 e. The molecule has 0 saturated carbocycles. The minimum atomic E-state index is -4.05. The number of aliphatic hydroxyl groups excluding tert-OH is 1. The number of aliphatic hydroxyl groups is 1. The second-order valence-corrected chi connectivity index (χ2v) is 9.95. The van der Waals surface area contributed by atoms with Crippen molar-refractivity contribution in [1.82, 2.24) is 9.62 Å². The molecule has 0 spiro atoms. The molecule has 0 bridgehead atoms. The molecule has 1 amide bonds. The Morgan fingerprint density at radius 2 is 1.85 bits per heavy atom. The van der Waals surface area contributed by atoms with Gasteiger partial charge in [0.15, 0.2) is 6.61 Å². The van der Waals surface area contributed by atoms with Gasteiger partial charge in [-0.1, -0.05) is 18.2 Å². The molecule has 2 unspecified atom stereocenters. The number of aryl methyl sites for hydroxylation is 2. The van der Waals surface area contributed by atoms with E-state index >= 15 is 0 Å².